The van der Waals surface area contributed by atoms with Crippen LogP contribution in [-0.4, -0.2) is 28.8 Å². The second-order valence-electron chi connectivity index (χ2n) is 5.08. The third kappa shape index (κ3) is 5.45. The average molecular weight is 295 g/mol. The van der Waals surface area contributed by atoms with Gasteiger partial charge in [0, 0.05) is 13.0 Å². The number of aromatic nitrogens is 2. The number of alkyl halides is 3. The molecule has 20 heavy (non-hydrogen) atoms. The smallest absolute Gasteiger partial charge is 0.356 e. The lowest BCUT2D eigenvalue weighted by atomic mass is 9.88. The number of halogens is 3. The molecule has 0 aliphatic rings. The first-order valence-electron chi connectivity index (χ1n) is 6.00. The molecule has 0 spiro atoms. The van der Waals surface area contributed by atoms with Gasteiger partial charge in [0.25, 0.3) is 0 Å². The van der Waals surface area contributed by atoms with E-state index in [-0.39, 0.29) is 6.54 Å². The molecule has 0 aliphatic heterocycles. The first-order valence-corrected chi connectivity index (χ1v) is 6.00. The maximum Gasteiger partial charge on any atom is 0.438 e. The van der Waals surface area contributed by atoms with Crippen molar-refractivity contribution in [2.45, 2.75) is 39.3 Å². The zero-order chi connectivity index (χ0) is 15.4. The molecule has 0 unspecified atom stereocenters. The number of hydrogen-bond acceptors (Lipinski definition) is 4. The first kappa shape index (κ1) is 16.3. The molecule has 6 nitrogen and oxygen atoms in total. The minimum atomic E-state index is -4.39. The number of H-pyrrole nitrogens is 1. The molecule has 1 aromatic heterocycles. The monoisotopic (exact) mass is 295 g/mol. The highest BCUT2D eigenvalue weighted by molar-refractivity contribution is 5.81. The summed E-state index contributed by atoms with van der Waals surface area (Å²) in [4.78, 5) is 24.6. The second kappa shape index (κ2) is 6.10. The van der Waals surface area contributed by atoms with Gasteiger partial charge < -0.3 is 5.32 Å². The van der Waals surface area contributed by atoms with E-state index in [1.54, 1.807) is 0 Å². The van der Waals surface area contributed by atoms with Gasteiger partial charge in [-0.15, -0.1) is 0 Å². The van der Waals surface area contributed by atoms with Crippen molar-refractivity contribution in [1.82, 2.24) is 15.5 Å². The first-order chi connectivity index (χ1) is 9.10. The Morgan fingerprint density at radius 1 is 1.40 bits per heavy atom. The number of nitrogens with one attached hydrogen (secondary N) is 2. The van der Waals surface area contributed by atoms with Crippen molar-refractivity contribution in [3.63, 3.8) is 0 Å². The Morgan fingerprint density at radius 2 is 2.05 bits per heavy atom. The van der Waals surface area contributed by atoms with Crippen molar-refractivity contribution in [2.24, 2.45) is 5.41 Å². The van der Waals surface area contributed by atoms with Crippen LogP contribution in [0.5, 0.6) is 0 Å². The quantitative estimate of drug-likeness (QED) is 0.776. The van der Waals surface area contributed by atoms with Crippen LogP contribution < -0.4 is 11.1 Å². The molecular formula is C11H16F3N3O3. The fourth-order valence-corrected chi connectivity index (χ4v) is 1.65. The maximum absolute atomic E-state index is 12.3. The summed E-state index contributed by atoms with van der Waals surface area (Å²) in [6.45, 7) is 2.67. The molecule has 0 saturated heterocycles. The summed E-state index contributed by atoms with van der Waals surface area (Å²) in [6, 6.07) is 0. The fraction of sp³-hybridized carbons (Fsp3) is 0.727. The van der Waals surface area contributed by atoms with Gasteiger partial charge in [-0.2, -0.15) is 13.2 Å². The SMILES string of the molecule is CC(C)(CC(F)(F)F)C(=O)NCCCc1noc(=O)[nH]1. The zero-order valence-corrected chi connectivity index (χ0v) is 11.1. The molecule has 0 radical (unpaired) electrons. The topological polar surface area (TPSA) is 88.0 Å². The molecule has 0 aromatic carbocycles. The molecule has 1 rings (SSSR count). The minimum Gasteiger partial charge on any atom is -0.356 e. The molecule has 114 valence electrons. The number of carbonyl (C=O) groups excluding carboxylic acids is 1. The van der Waals surface area contributed by atoms with E-state index in [9.17, 15) is 22.8 Å². The third-order valence-electron chi connectivity index (χ3n) is 2.62. The normalized spacial score (nSPS) is 12.4. The van der Waals surface area contributed by atoms with Crippen LogP contribution in [-0.2, 0) is 11.2 Å². The molecule has 0 bridgehead atoms. The highest BCUT2D eigenvalue weighted by atomic mass is 19.4. The standard InChI is InChI=1S/C11H16F3N3O3/c1-10(2,6-11(12,13)14)8(18)15-5-3-4-7-16-9(19)20-17-7/h3-6H2,1-2H3,(H,15,18)(H,16,17,19). The molecule has 1 heterocycles. The number of hydrogen-bond donors (Lipinski definition) is 2. The summed E-state index contributed by atoms with van der Waals surface area (Å²) < 4.78 is 41.2. The summed E-state index contributed by atoms with van der Waals surface area (Å²) in [5.41, 5.74) is -1.51. The minimum absolute atomic E-state index is 0.189. The number of amides is 1. The maximum atomic E-state index is 12.3. The van der Waals surface area contributed by atoms with Gasteiger partial charge >= 0.3 is 11.9 Å². The third-order valence-corrected chi connectivity index (χ3v) is 2.62. The van der Waals surface area contributed by atoms with Crippen LogP contribution in [0.4, 0.5) is 13.2 Å². The number of nitrogens with zero attached hydrogens (tertiary/aromatic N) is 1. The molecule has 9 heteroatoms. The summed E-state index contributed by atoms with van der Waals surface area (Å²) in [7, 11) is 0. The van der Waals surface area contributed by atoms with Crippen LogP contribution in [0.1, 0.15) is 32.5 Å². The second-order valence-corrected chi connectivity index (χ2v) is 5.08. The van der Waals surface area contributed by atoms with E-state index in [1.807, 2.05) is 0 Å². The Bertz CT molecular complexity index is 505. The molecule has 0 fully saturated rings. The van der Waals surface area contributed by atoms with Gasteiger partial charge in [-0.1, -0.05) is 19.0 Å². The molecular weight excluding hydrogens is 279 g/mol. The largest absolute Gasteiger partial charge is 0.438 e. The Morgan fingerprint density at radius 3 is 2.55 bits per heavy atom. The molecule has 1 aromatic rings. The van der Waals surface area contributed by atoms with Crippen LogP contribution in [0, 0.1) is 5.41 Å². The van der Waals surface area contributed by atoms with E-state index in [4.69, 9.17) is 0 Å². The van der Waals surface area contributed by atoms with Crippen molar-refractivity contribution in [3.05, 3.63) is 16.4 Å². The number of aromatic amines is 1. The van der Waals surface area contributed by atoms with E-state index in [0.717, 1.165) is 0 Å². The van der Waals surface area contributed by atoms with Gasteiger partial charge in [0.1, 0.15) is 0 Å². The van der Waals surface area contributed by atoms with Crippen molar-refractivity contribution < 1.29 is 22.5 Å². The van der Waals surface area contributed by atoms with E-state index in [2.05, 4.69) is 20.0 Å². The van der Waals surface area contributed by atoms with Crippen LogP contribution in [0.2, 0.25) is 0 Å². The number of carbonyl (C=O) groups is 1. The van der Waals surface area contributed by atoms with Gasteiger partial charge in [-0.3, -0.25) is 14.3 Å². The van der Waals surface area contributed by atoms with Crippen LogP contribution in [0.3, 0.4) is 0 Å². The lowest BCUT2D eigenvalue weighted by Gasteiger charge is -2.24. The molecule has 2 N–H and O–H groups in total. The zero-order valence-electron chi connectivity index (χ0n) is 11.1. The van der Waals surface area contributed by atoms with Crippen molar-refractivity contribution in [3.8, 4) is 0 Å². The molecule has 1 amide bonds. The van der Waals surface area contributed by atoms with Gasteiger partial charge in [-0.05, 0) is 6.42 Å². The highest BCUT2D eigenvalue weighted by Gasteiger charge is 2.40. The van der Waals surface area contributed by atoms with Gasteiger partial charge in [0.05, 0.1) is 11.8 Å². The van der Waals surface area contributed by atoms with Gasteiger partial charge in [-0.25, -0.2) is 4.79 Å². The Balaban J connectivity index is 2.34. The van der Waals surface area contributed by atoms with Crippen LogP contribution in [0.15, 0.2) is 9.32 Å². The molecule has 0 saturated carbocycles. The van der Waals surface area contributed by atoms with E-state index in [1.165, 1.54) is 13.8 Å². The Kier molecular flexibility index (Phi) is 4.96. The summed E-state index contributed by atoms with van der Waals surface area (Å²) in [5.74, 6) is -1.00. The van der Waals surface area contributed by atoms with Gasteiger partial charge in [0.2, 0.25) is 5.91 Å². The average Bonchev–Trinajstić information content (AvgIpc) is 2.67. The number of rotatable bonds is 6. The number of aryl methyl sites for hydroxylation is 1. The fourth-order valence-electron chi connectivity index (χ4n) is 1.65. The van der Waals surface area contributed by atoms with Gasteiger partial charge in [0.15, 0.2) is 5.82 Å². The lowest BCUT2D eigenvalue weighted by molar-refractivity contribution is -0.164. The predicted molar refractivity (Wildman–Crippen MR) is 62.9 cm³/mol. The Hall–Kier alpha value is -1.80. The van der Waals surface area contributed by atoms with E-state index >= 15 is 0 Å². The highest BCUT2D eigenvalue weighted by Crippen LogP contribution is 2.33. The van der Waals surface area contributed by atoms with Crippen molar-refractivity contribution in [2.75, 3.05) is 6.54 Å². The summed E-state index contributed by atoms with van der Waals surface area (Å²) in [5, 5.41) is 5.86. The van der Waals surface area contributed by atoms with Crippen molar-refractivity contribution >= 4 is 5.91 Å². The van der Waals surface area contributed by atoms with E-state index in [0.29, 0.717) is 18.7 Å². The predicted octanol–water partition coefficient (Wildman–Crippen LogP) is 1.39. The molecule has 0 aliphatic carbocycles. The van der Waals surface area contributed by atoms with Crippen molar-refractivity contribution in [1.29, 1.82) is 0 Å². The Labute approximate surface area is 112 Å². The van der Waals surface area contributed by atoms with E-state index < -0.39 is 29.7 Å². The van der Waals surface area contributed by atoms with Crippen LogP contribution >= 0.6 is 0 Å². The van der Waals surface area contributed by atoms with Crippen LogP contribution in [0.25, 0.3) is 0 Å². The summed E-state index contributed by atoms with van der Waals surface area (Å²) in [6.07, 6.45) is -4.79. The molecule has 0 atom stereocenters. The summed E-state index contributed by atoms with van der Waals surface area (Å²) >= 11 is 0. The lowest BCUT2D eigenvalue weighted by Crippen LogP contribution is -2.40.